The van der Waals surface area contributed by atoms with Crippen molar-refractivity contribution in [3.8, 4) is 0 Å². The molecule has 122 valence electrons. The standard InChI is InChI=1S/C16H28O5/c1-8(17)13-11(18)12(19)14(21-13)20-10-7-9-5-6-16(10,4)15(9,2)3/h8-14,17-19H,5-7H2,1-4H3/t8-,9-,10+,11-,12-,13+,14-,16+/m0/s1. The average molecular weight is 300 g/mol. The topological polar surface area (TPSA) is 79.2 Å². The van der Waals surface area contributed by atoms with Crippen LogP contribution < -0.4 is 0 Å². The van der Waals surface area contributed by atoms with Crippen LogP contribution in [0.4, 0.5) is 0 Å². The molecule has 0 unspecified atom stereocenters. The van der Waals surface area contributed by atoms with Crippen molar-refractivity contribution < 1.29 is 24.8 Å². The Morgan fingerprint density at radius 2 is 1.86 bits per heavy atom. The molecule has 2 bridgehead atoms. The number of aliphatic hydroxyl groups is 3. The molecule has 2 aliphatic carbocycles. The van der Waals surface area contributed by atoms with E-state index in [4.69, 9.17) is 9.47 Å². The lowest BCUT2D eigenvalue weighted by molar-refractivity contribution is -0.221. The van der Waals surface area contributed by atoms with Gasteiger partial charge in [0.2, 0.25) is 0 Å². The summed E-state index contributed by atoms with van der Waals surface area (Å²) in [5.74, 6) is 0.642. The molecular formula is C16H28O5. The first-order valence-electron chi connectivity index (χ1n) is 8.03. The third kappa shape index (κ3) is 2.09. The molecule has 1 saturated heterocycles. The maximum atomic E-state index is 10.1. The molecule has 1 aliphatic heterocycles. The van der Waals surface area contributed by atoms with E-state index in [1.807, 2.05) is 0 Å². The maximum Gasteiger partial charge on any atom is 0.187 e. The molecule has 21 heavy (non-hydrogen) atoms. The van der Waals surface area contributed by atoms with E-state index in [2.05, 4.69) is 20.8 Å². The molecule has 8 atom stereocenters. The number of ether oxygens (including phenoxy) is 2. The molecule has 5 nitrogen and oxygen atoms in total. The summed E-state index contributed by atoms with van der Waals surface area (Å²) < 4.78 is 11.6. The molecule has 0 aromatic carbocycles. The van der Waals surface area contributed by atoms with E-state index in [1.54, 1.807) is 6.92 Å². The number of aliphatic hydroxyl groups excluding tert-OH is 3. The van der Waals surface area contributed by atoms with Gasteiger partial charge in [-0.3, -0.25) is 0 Å². The fourth-order valence-corrected chi connectivity index (χ4v) is 4.68. The largest absolute Gasteiger partial charge is 0.391 e. The van der Waals surface area contributed by atoms with Crippen LogP contribution >= 0.6 is 0 Å². The van der Waals surface area contributed by atoms with E-state index in [0.717, 1.165) is 12.8 Å². The number of fused-ring (bicyclic) bond motifs is 2. The summed E-state index contributed by atoms with van der Waals surface area (Å²) in [7, 11) is 0. The van der Waals surface area contributed by atoms with Gasteiger partial charge < -0.3 is 24.8 Å². The van der Waals surface area contributed by atoms with Crippen molar-refractivity contribution >= 4 is 0 Å². The predicted octanol–water partition coefficient (Wildman–Crippen LogP) is 1.05. The number of hydrogen-bond donors (Lipinski definition) is 3. The zero-order chi connectivity index (χ0) is 15.6. The van der Waals surface area contributed by atoms with Gasteiger partial charge in [0.25, 0.3) is 0 Å². The first-order chi connectivity index (χ1) is 9.68. The zero-order valence-corrected chi connectivity index (χ0v) is 13.3. The SMILES string of the molecule is C[C@H](O)[C@H]1O[C@H](O[C@@H]2C[C@@H]3CC[C@@]2(C)C3(C)C)[C@@H](O)[C@@H]1O. The lowest BCUT2D eigenvalue weighted by Gasteiger charge is -2.40. The predicted molar refractivity (Wildman–Crippen MR) is 76.5 cm³/mol. The van der Waals surface area contributed by atoms with E-state index in [1.165, 1.54) is 6.42 Å². The van der Waals surface area contributed by atoms with Gasteiger partial charge in [-0.05, 0) is 42.9 Å². The highest BCUT2D eigenvalue weighted by molar-refractivity contribution is 5.11. The van der Waals surface area contributed by atoms with Gasteiger partial charge in [-0.1, -0.05) is 20.8 Å². The van der Waals surface area contributed by atoms with E-state index < -0.39 is 30.7 Å². The van der Waals surface area contributed by atoms with Crippen LogP contribution in [0.15, 0.2) is 0 Å². The minimum atomic E-state index is -1.10. The van der Waals surface area contributed by atoms with Crippen molar-refractivity contribution in [3.63, 3.8) is 0 Å². The summed E-state index contributed by atoms with van der Waals surface area (Å²) in [5, 5.41) is 29.7. The summed E-state index contributed by atoms with van der Waals surface area (Å²) in [4.78, 5) is 0. The van der Waals surface area contributed by atoms with Crippen molar-refractivity contribution in [3.05, 3.63) is 0 Å². The highest BCUT2D eigenvalue weighted by atomic mass is 16.7. The Balaban J connectivity index is 1.71. The van der Waals surface area contributed by atoms with Crippen LogP contribution in [0.1, 0.15) is 47.0 Å². The quantitative estimate of drug-likeness (QED) is 0.726. The third-order valence-corrected chi connectivity index (χ3v) is 6.74. The summed E-state index contributed by atoms with van der Waals surface area (Å²) in [6.45, 7) is 8.40. The molecule has 0 amide bonds. The Kier molecular flexibility index (Phi) is 3.66. The van der Waals surface area contributed by atoms with Crippen LogP contribution in [-0.2, 0) is 9.47 Å². The van der Waals surface area contributed by atoms with Gasteiger partial charge in [0.05, 0.1) is 12.2 Å². The normalized spacial score (nSPS) is 53.3. The molecular weight excluding hydrogens is 272 g/mol. The lowest BCUT2D eigenvalue weighted by atomic mass is 9.70. The van der Waals surface area contributed by atoms with Gasteiger partial charge >= 0.3 is 0 Å². The first-order valence-corrected chi connectivity index (χ1v) is 8.03. The molecule has 3 aliphatic rings. The fourth-order valence-electron chi connectivity index (χ4n) is 4.68. The summed E-state index contributed by atoms with van der Waals surface area (Å²) in [5.41, 5.74) is 0.304. The van der Waals surface area contributed by atoms with Crippen molar-refractivity contribution in [2.75, 3.05) is 0 Å². The molecule has 3 rings (SSSR count). The molecule has 1 heterocycles. The summed E-state index contributed by atoms with van der Waals surface area (Å²) in [6.07, 6.45) is -1.31. The van der Waals surface area contributed by atoms with E-state index in [9.17, 15) is 15.3 Å². The molecule has 3 N–H and O–H groups in total. The highest BCUT2D eigenvalue weighted by Crippen LogP contribution is 2.66. The van der Waals surface area contributed by atoms with E-state index >= 15 is 0 Å². The van der Waals surface area contributed by atoms with E-state index in [0.29, 0.717) is 5.92 Å². The molecule has 5 heteroatoms. The lowest BCUT2D eigenvalue weighted by Crippen LogP contribution is -2.42. The van der Waals surface area contributed by atoms with Gasteiger partial charge in [0.15, 0.2) is 6.29 Å². The van der Waals surface area contributed by atoms with Gasteiger partial charge in [-0.15, -0.1) is 0 Å². The van der Waals surface area contributed by atoms with Crippen LogP contribution in [0, 0.1) is 16.7 Å². The number of rotatable bonds is 3. The summed E-state index contributed by atoms with van der Waals surface area (Å²) in [6, 6.07) is 0. The minimum Gasteiger partial charge on any atom is -0.391 e. The Morgan fingerprint density at radius 3 is 2.29 bits per heavy atom. The van der Waals surface area contributed by atoms with E-state index in [-0.39, 0.29) is 16.9 Å². The molecule has 3 fully saturated rings. The van der Waals surface area contributed by atoms with Crippen molar-refractivity contribution in [2.24, 2.45) is 16.7 Å². The van der Waals surface area contributed by atoms with Crippen LogP contribution in [0.25, 0.3) is 0 Å². The molecule has 0 aromatic rings. The Morgan fingerprint density at radius 1 is 1.19 bits per heavy atom. The highest BCUT2D eigenvalue weighted by Gasteiger charge is 2.63. The van der Waals surface area contributed by atoms with Crippen LogP contribution in [0.5, 0.6) is 0 Å². The maximum absolute atomic E-state index is 10.1. The van der Waals surface area contributed by atoms with Gasteiger partial charge in [0, 0.05) is 0 Å². The van der Waals surface area contributed by atoms with Crippen LogP contribution in [-0.4, -0.2) is 52.1 Å². The van der Waals surface area contributed by atoms with Crippen molar-refractivity contribution in [1.82, 2.24) is 0 Å². The molecule has 2 saturated carbocycles. The second-order valence-electron chi connectivity index (χ2n) is 7.93. The molecule has 0 spiro atoms. The average Bonchev–Trinajstić information content (AvgIpc) is 2.87. The first kappa shape index (κ1) is 15.7. The third-order valence-electron chi connectivity index (χ3n) is 6.74. The monoisotopic (exact) mass is 300 g/mol. The van der Waals surface area contributed by atoms with Crippen LogP contribution in [0.2, 0.25) is 0 Å². The Bertz CT molecular complexity index is 409. The van der Waals surface area contributed by atoms with Gasteiger partial charge in [0.1, 0.15) is 18.3 Å². The van der Waals surface area contributed by atoms with Crippen molar-refractivity contribution in [1.29, 1.82) is 0 Å². The Labute approximate surface area is 126 Å². The summed E-state index contributed by atoms with van der Waals surface area (Å²) >= 11 is 0. The minimum absolute atomic E-state index is 0.0332. The number of hydrogen-bond acceptors (Lipinski definition) is 5. The fraction of sp³-hybridized carbons (Fsp3) is 1.00. The van der Waals surface area contributed by atoms with Crippen molar-refractivity contribution in [2.45, 2.75) is 83.8 Å². The smallest absolute Gasteiger partial charge is 0.187 e. The van der Waals surface area contributed by atoms with Crippen LogP contribution in [0.3, 0.4) is 0 Å². The second kappa shape index (κ2) is 4.90. The zero-order valence-electron chi connectivity index (χ0n) is 13.3. The second-order valence-corrected chi connectivity index (χ2v) is 7.93. The molecule has 0 radical (unpaired) electrons. The molecule has 0 aromatic heterocycles. The Hall–Kier alpha value is -0.200. The van der Waals surface area contributed by atoms with Gasteiger partial charge in [-0.25, -0.2) is 0 Å². The van der Waals surface area contributed by atoms with Gasteiger partial charge in [-0.2, -0.15) is 0 Å².